The predicted molar refractivity (Wildman–Crippen MR) is 136 cm³/mol. The Labute approximate surface area is 203 Å². The Morgan fingerprint density at radius 2 is 1.68 bits per heavy atom. The molecule has 3 aromatic carbocycles. The smallest absolute Gasteiger partial charge is 0.255 e. The molecule has 0 bridgehead atoms. The van der Waals surface area contributed by atoms with Gasteiger partial charge in [-0.3, -0.25) is 4.79 Å². The maximum Gasteiger partial charge on any atom is 0.255 e. The highest BCUT2D eigenvalue weighted by Gasteiger charge is 2.24. The van der Waals surface area contributed by atoms with E-state index in [-0.39, 0.29) is 17.5 Å². The van der Waals surface area contributed by atoms with Gasteiger partial charge in [-0.1, -0.05) is 54.1 Å². The lowest BCUT2D eigenvalue weighted by Gasteiger charge is -2.29. The van der Waals surface area contributed by atoms with Gasteiger partial charge in [0.2, 0.25) is 0 Å². The summed E-state index contributed by atoms with van der Waals surface area (Å²) >= 11 is 6.32. The highest BCUT2D eigenvalue weighted by Crippen LogP contribution is 2.36. The summed E-state index contributed by atoms with van der Waals surface area (Å²) in [5, 5.41) is 1.83. The summed E-state index contributed by atoms with van der Waals surface area (Å²) in [5.41, 5.74) is 7.57. The lowest BCUT2D eigenvalue weighted by Crippen LogP contribution is -2.23. The summed E-state index contributed by atoms with van der Waals surface area (Å²) in [6, 6.07) is 22.1. The fourth-order valence-electron chi connectivity index (χ4n) is 4.32. The van der Waals surface area contributed by atoms with Gasteiger partial charge in [0, 0.05) is 18.1 Å². The molecule has 1 heterocycles. The topological polar surface area (TPSA) is 68.1 Å². The first kappa shape index (κ1) is 24.0. The zero-order valence-corrected chi connectivity index (χ0v) is 19.6. The van der Waals surface area contributed by atoms with Crippen LogP contribution in [-0.2, 0) is 6.54 Å². The average Bonchev–Trinajstić information content (AvgIpc) is 2.87. The van der Waals surface area contributed by atoms with E-state index in [1.807, 2.05) is 54.6 Å². The van der Waals surface area contributed by atoms with Crippen LogP contribution in [0.1, 0.15) is 42.7 Å². The molecule has 0 radical (unpaired) electrons. The van der Waals surface area contributed by atoms with Gasteiger partial charge < -0.3 is 15.5 Å². The molecule has 4 nitrogen and oxygen atoms in total. The molecule has 0 saturated heterocycles. The molecule has 1 fully saturated rings. The van der Waals surface area contributed by atoms with Gasteiger partial charge in [0.1, 0.15) is 11.6 Å². The van der Waals surface area contributed by atoms with Crippen LogP contribution in [0, 0.1) is 5.82 Å². The van der Waals surface area contributed by atoms with Crippen LogP contribution in [0.15, 0.2) is 83.8 Å². The molecule has 0 amide bonds. The van der Waals surface area contributed by atoms with E-state index < -0.39 is 0 Å². The summed E-state index contributed by atoms with van der Waals surface area (Å²) in [7, 11) is 0. The maximum absolute atomic E-state index is 13.1. The van der Waals surface area contributed by atoms with Crippen molar-refractivity contribution in [1.82, 2.24) is 4.98 Å². The first-order chi connectivity index (χ1) is 16.5. The van der Waals surface area contributed by atoms with Gasteiger partial charge in [0.15, 0.2) is 0 Å². The van der Waals surface area contributed by atoms with Crippen LogP contribution in [-0.4, -0.2) is 11.1 Å². The van der Waals surface area contributed by atoms with Crippen molar-refractivity contribution in [1.29, 1.82) is 0 Å². The van der Waals surface area contributed by atoms with Crippen molar-refractivity contribution in [2.24, 2.45) is 5.73 Å². The lowest BCUT2D eigenvalue weighted by molar-refractivity contribution is 0.146. The minimum absolute atomic E-state index is 0.101. The van der Waals surface area contributed by atoms with Crippen molar-refractivity contribution in [3.05, 3.63) is 111 Å². The summed E-state index contributed by atoms with van der Waals surface area (Å²) in [4.78, 5) is 14.5. The maximum atomic E-state index is 13.1. The number of hydrogen-bond acceptors (Lipinski definition) is 3. The molecule has 0 unspecified atom stereocenters. The first-order valence-corrected chi connectivity index (χ1v) is 11.9. The third-order valence-corrected chi connectivity index (χ3v) is 6.51. The Bertz CT molecular complexity index is 1270. The molecule has 176 valence electrons. The van der Waals surface area contributed by atoms with Crippen LogP contribution in [0.5, 0.6) is 5.75 Å². The SMILES string of the molecule is NCc1ccccc1.O=c1[nH]ccc2cc(OC3CCC(c4ccc(F)cc4)CC3)c(Cl)cc12. The Morgan fingerprint density at radius 1 is 0.971 bits per heavy atom. The molecule has 34 heavy (non-hydrogen) atoms. The summed E-state index contributed by atoms with van der Waals surface area (Å²) in [6.45, 7) is 0.640. The number of aromatic amines is 1. The van der Waals surface area contributed by atoms with Crippen LogP contribution >= 0.6 is 11.6 Å². The molecule has 0 spiro atoms. The molecular formula is C28H28ClFN2O2. The number of aromatic nitrogens is 1. The van der Waals surface area contributed by atoms with Gasteiger partial charge in [-0.15, -0.1) is 0 Å². The number of H-pyrrole nitrogens is 1. The Balaban J connectivity index is 0.000000291. The van der Waals surface area contributed by atoms with Gasteiger partial charge in [0.05, 0.1) is 11.1 Å². The molecule has 0 aliphatic heterocycles. The Morgan fingerprint density at radius 3 is 2.32 bits per heavy atom. The molecule has 1 saturated carbocycles. The minimum atomic E-state index is -0.199. The van der Waals surface area contributed by atoms with Crippen molar-refractivity contribution in [2.75, 3.05) is 0 Å². The van der Waals surface area contributed by atoms with Crippen molar-refractivity contribution in [3.8, 4) is 5.75 Å². The first-order valence-electron chi connectivity index (χ1n) is 11.5. The number of nitrogens with two attached hydrogens (primary N) is 1. The van der Waals surface area contributed by atoms with Crippen molar-refractivity contribution in [2.45, 2.75) is 44.2 Å². The van der Waals surface area contributed by atoms with Gasteiger partial charge in [-0.05, 0) is 78.4 Å². The minimum Gasteiger partial charge on any atom is -0.489 e. The number of hydrogen-bond donors (Lipinski definition) is 2. The number of nitrogens with one attached hydrogen (secondary N) is 1. The van der Waals surface area contributed by atoms with E-state index in [1.54, 1.807) is 12.3 Å². The van der Waals surface area contributed by atoms with Crippen molar-refractivity contribution in [3.63, 3.8) is 0 Å². The van der Waals surface area contributed by atoms with Gasteiger partial charge >= 0.3 is 0 Å². The van der Waals surface area contributed by atoms with E-state index >= 15 is 0 Å². The van der Waals surface area contributed by atoms with Crippen LogP contribution in [0.2, 0.25) is 5.02 Å². The number of ether oxygens (including phenoxy) is 1. The third kappa shape index (κ3) is 6.04. The largest absolute Gasteiger partial charge is 0.489 e. The number of halogens is 2. The fourth-order valence-corrected chi connectivity index (χ4v) is 4.53. The molecule has 6 heteroatoms. The van der Waals surface area contributed by atoms with Crippen LogP contribution in [0.3, 0.4) is 0 Å². The molecule has 0 atom stereocenters. The summed E-state index contributed by atoms with van der Waals surface area (Å²) in [5.74, 6) is 0.867. The second-order valence-electron chi connectivity index (χ2n) is 8.51. The van der Waals surface area contributed by atoms with Gasteiger partial charge in [0.25, 0.3) is 5.56 Å². The highest BCUT2D eigenvalue weighted by atomic mass is 35.5. The zero-order valence-electron chi connectivity index (χ0n) is 18.8. The number of fused-ring (bicyclic) bond motifs is 1. The van der Waals surface area contributed by atoms with E-state index in [1.165, 1.54) is 23.3 Å². The second kappa shape index (κ2) is 11.3. The molecule has 1 aliphatic carbocycles. The number of benzene rings is 3. The monoisotopic (exact) mass is 478 g/mol. The van der Waals surface area contributed by atoms with Gasteiger partial charge in [-0.25, -0.2) is 4.39 Å². The van der Waals surface area contributed by atoms with Gasteiger partial charge in [-0.2, -0.15) is 0 Å². The highest BCUT2D eigenvalue weighted by molar-refractivity contribution is 6.32. The zero-order chi connectivity index (χ0) is 23.9. The lowest BCUT2D eigenvalue weighted by atomic mass is 9.83. The predicted octanol–water partition coefficient (Wildman–Crippen LogP) is 6.57. The van der Waals surface area contributed by atoms with Crippen molar-refractivity contribution >= 4 is 22.4 Å². The molecule has 3 N–H and O–H groups in total. The van der Waals surface area contributed by atoms with E-state index in [0.29, 0.717) is 28.6 Å². The number of pyridine rings is 1. The molecule has 4 aromatic rings. The molecule has 1 aliphatic rings. The third-order valence-electron chi connectivity index (χ3n) is 6.21. The van der Waals surface area contributed by atoms with Crippen LogP contribution in [0.25, 0.3) is 10.8 Å². The Hall–Kier alpha value is -3.15. The van der Waals surface area contributed by atoms with Crippen LogP contribution in [0.4, 0.5) is 4.39 Å². The summed E-state index contributed by atoms with van der Waals surface area (Å²) < 4.78 is 19.2. The second-order valence-corrected chi connectivity index (χ2v) is 8.92. The van der Waals surface area contributed by atoms with E-state index in [0.717, 1.165) is 31.1 Å². The van der Waals surface area contributed by atoms with Crippen molar-refractivity contribution < 1.29 is 9.13 Å². The fraction of sp³-hybridized carbons (Fsp3) is 0.250. The summed E-state index contributed by atoms with van der Waals surface area (Å²) in [6.07, 6.45) is 5.57. The molecule has 1 aromatic heterocycles. The van der Waals surface area contributed by atoms with Crippen LogP contribution < -0.4 is 16.0 Å². The van der Waals surface area contributed by atoms with E-state index in [9.17, 15) is 9.18 Å². The average molecular weight is 479 g/mol. The standard InChI is InChI=1S/C21H19ClFNO2.C7H9N/c22-19-12-18-15(9-10-24-21(18)25)11-20(19)26-17-7-3-14(4-8-17)13-1-5-16(23)6-2-13;8-6-7-4-2-1-3-5-7/h1-2,5-6,9-12,14,17H,3-4,7-8H2,(H,24,25);1-5H,6,8H2. The number of rotatable bonds is 4. The normalized spacial score (nSPS) is 17.6. The molecular weight excluding hydrogens is 451 g/mol. The van der Waals surface area contributed by atoms with E-state index in [4.69, 9.17) is 22.1 Å². The molecule has 5 rings (SSSR count). The Kier molecular flexibility index (Phi) is 7.99. The van der Waals surface area contributed by atoms with E-state index in [2.05, 4.69) is 4.98 Å². The quantitative estimate of drug-likeness (QED) is 0.348.